The highest BCUT2D eigenvalue weighted by atomic mass is 32.1. The molecule has 0 aliphatic carbocycles. The summed E-state index contributed by atoms with van der Waals surface area (Å²) < 4.78 is 1.65. The fourth-order valence-corrected chi connectivity index (χ4v) is 0.631. The standard InChI is InChI=1S/C5H6N4S/c1-9-5(2-6-4-10)7-3-8-9/h3H,2H2,1H3. The van der Waals surface area contributed by atoms with Crippen molar-refractivity contribution < 1.29 is 0 Å². The highest BCUT2D eigenvalue weighted by molar-refractivity contribution is 7.78. The molecule has 0 spiro atoms. The van der Waals surface area contributed by atoms with E-state index in [2.05, 4.69) is 32.5 Å². The minimum Gasteiger partial charge on any atom is -0.251 e. The zero-order valence-electron chi connectivity index (χ0n) is 5.48. The van der Waals surface area contributed by atoms with Crippen molar-refractivity contribution in [2.24, 2.45) is 12.0 Å². The number of aryl methyl sites for hydroxylation is 1. The molecule has 0 aliphatic rings. The quantitative estimate of drug-likeness (QED) is 0.458. The summed E-state index contributed by atoms with van der Waals surface area (Å²) in [7, 11) is 1.81. The van der Waals surface area contributed by atoms with Crippen LogP contribution in [0.4, 0.5) is 0 Å². The lowest BCUT2D eigenvalue weighted by Crippen LogP contribution is -1.97. The molecule has 0 N–H and O–H groups in total. The highest BCUT2D eigenvalue weighted by Gasteiger charge is 1.95. The molecule has 1 rings (SSSR count). The Hall–Kier alpha value is -1.06. The van der Waals surface area contributed by atoms with Gasteiger partial charge in [-0.05, 0) is 12.2 Å². The van der Waals surface area contributed by atoms with Crippen molar-refractivity contribution in [3.05, 3.63) is 12.2 Å². The van der Waals surface area contributed by atoms with Crippen molar-refractivity contribution in [2.75, 3.05) is 0 Å². The molecule has 1 aromatic heterocycles. The molecule has 0 fully saturated rings. The van der Waals surface area contributed by atoms with Crippen molar-refractivity contribution in [1.29, 1.82) is 0 Å². The van der Waals surface area contributed by atoms with Gasteiger partial charge in [-0.15, -0.1) is 0 Å². The van der Waals surface area contributed by atoms with Crippen LogP contribution in [0.15, 0.2) is 11.3 Å². The molecule has 4 nitrogen and oxygen atoms in total. The van der Waals surface area contributed by atoms with E-state index in [0.29, 0.717) is 6.54 Å². The van der Waals surface area contributed by atoms with Gasteiger partial charge in [0.2, 0.25) is 0 Å². The smallest absolute Gasteiger partial charge is 0.149 e. The maximum Gasteiger partial charge on any atom is 0.149 e. The molecule has 0 atom stereocenters. The van der Waals surface area contributed by atoms with Crippen molar-refractivity contribution in [2.45, 2.75) is 6.54 Å². The van der Waals surface area contributed by atoms with Gasteiger partial charge in [-0.1, -0.05) is 0 Å². The molecular formula is C5H6N4S. The first kappa shape index (κ1) is 7.05. The molecule has 0 aromatic carbocycles. The molecule has 10 heavy (non-hydrogen) atoms. The van der Waals surface area contributed by atoms with Crippen molar-refractivity contribution >= 4 is 17.4 Å². The van der Waals surface area contributed by atoms with Gasteiger partial charge in [-0.2, -0.15) is 5.10 Å². The first-order valence-corrected chi connectivity index (χ1v) is 3.12. The third-order valence-corrected chi connectivity index (χ3v) is 1.22. The predicted octanol–water partition coefficient (Wildman–Crippen LogP) is 0.418. The summed E-state index contributed by atoms with van der Waals surface area (Å²) in [6.45, 7) is 0.458. The van der Waals surface area contributed by atoms with Gasteiger partial charge >= 0.3 is 0 Å². The molecule has 0 saturated heterocycles. The van der Waals surface area contributed by atoms with Crippen LogP contribution in [0, 0.1) is 0 Å². The molecule has 0 amide bonds. The Kier molecular flexibility index (Phi) is 2.25. The summed E-state index contributed by atoms with van der Waals surface area (Å²) in [5, 5.41) is 6.11. The number of nitrogens with zero attached hydrogens (tertiary/aromatic N) is 4. The number of aliphatic imine (C=N–C) groups is 1. The minimum atomic E-state index is 0.458. The normalized spacial score (nSPS) is 8.90. The van der Waals surface area contributed by atoms with Crippen LogP contribution < -0.4 is 0 Å². The summed E-state index contributed by atoms with van der Waals surface area (Å²) in [6.07, 6.45) is 1.48. The Morgan fingerprint density at radius 1 is 1.90 bits per heavy atom. The van der Waals surface area contributed by atoms with Crippen LogP contribution in [0.3, 0.4) is 0 Å². The SMILES string of the molecule is Cn1ncnc1CN=C=S. The molecule has 0 radical (unpaired) electrons. The second-order valence-corrected chi connectivity index (χ2v) is 1.89. The average Bonchev–Trinajstić information content (AvgIpc) is 2.31. The fourth-order valence-electron chi connectivity index (χ4n) is 0.566. The highest BCUT2D eigenvalue weighted by Crippen LogP contribution is 1.91. The van der Waals surface area contributed by atoms with Crippen molar-refractivity contribution in [3.8, 4) is 0 Å². The third-order valence-electron chi connectivity index (χ3n) is 1.09. The average molecular weight is 154 g/mol. The number of isothiocyanates is 1. The van der Waals surface area contributed by atoms with Gasteiger partial charge in [-0.25, -0.2) is 9.98 Å². The van der Waals surface area contributed by atoms with E-state index in [1.165, 1.54) is 6.33 Å². The maximum atomic E-state index is 4.39. The Balaban J connectivity index is 2.74. The summed E-state index contributed by atoms with van der Waals surface area (Å²) in [5.74, 6) is 0.789. The number of rotatable bonds is 2. The van der Waals surface area contributed by atoms with Crippen molar-refractivity contribution in [1.82, 2.24) is 14.8 Å². The van der Waals surface area contributed by atoms with Crippen LogP contribution in [-0.2, 0) is 13.6 Å². The van der Waals surface area contributed by atoms with Gasteiger partial charge in [0, 0.05) is 7.05 Å². The topological polar surface area (TPSA) is 43.1 Å². The molecule has 0 bridgehead atoms. The van der Waals surface area contributed by atoms with E-state index in [1.54, 1.807) is 11.7 Å². The largest absolute Gasteiger partial charge is 0.251 e. The van der Waals surface area contributed by atoms with Gasteiger partial charge in [0.05, 0.1) is 5.16 Å². The summed E-state index contributed by atoms with van der Waals surface area (Å²) >= 11 is 4.39. The van der Waals surface area contributed by atoms with Crippen LogP contribution in [0.1, 0.15) is 5.82 Å². The van der Waals surface area contributed by atoms with E-state index in [4.69, 9.17) is 0 Å². The Morgan fingerprint density at radius 3 is 3.20 bits per heavy atom. The lowest BCUT2D eigenvalue weighted by molar-refractivity contribution is 0.704. The van der Waals surface area contributed by atoms with Crippen LogP contribution in [0.5, 0.6) is 0 Å². The molecule has 1 aromatic rings. The van der Waals surface area contributed by atoms with Gasteiger partial charge < -0.3 is 0 Å². The number of hydrogen-bond donors (Lipinski definition) is 0. The van der Waals surface area contributed by atoms with Crippen LogP contribution in [0.2, 0.25) is 0 Å². The van der Waals surface area contributed by atoms with Crippen LogP contribution in [-0.4, -0.2) is 19.9 Å². The van der Waals surface area contributed by atoms with Crippen LogP contribution in [0.25, 0.3) is 0 Å². The zero-order chi connectivity index (χ0) is 7.40. The molecule has 5 heteroatoms. The van der Waals surface area contributed by atoms with Gasteiger partial charge in [0.1, 0.15) is 18.7 Å². The summed E-state index contributed by atoms with van der Waals surface area (Å²) in [5.41, 5.74) is 0. The fraction of sp³-hybridized carbons (Fsp3) is 0.400. The first-order valence-electron chi connectivity index (χ1n) is 2.71. The lowest BCUT2D eigenvalue weighted by atomic mass is 10.6. The summed E-state index contributed by atoms with van der Waals surface area (Å²) in [6, 6.07) is 0. The van der Waals surface area contributed by atoms with E-state index in [-0.39, 0.29) is 0 Å². The Bertz CT molecular complexity index is 260. The van der Waals surface area contributed by atoms with E-state index < -0.39 is 0 Å². The van der Waals surface area contributed by atoms with Crippen molar-refractivity contribution in [3.63, 3.8) is 0 Å². The van der Waals surface area contributed by atoms with Gasteiger partial charge in [0.25, 0.3) is 0 Å². The third kappa shape index (κ3) is 1.46. The van der Waals surface area contributed by atoms with E-state index >= 15 is 0 Å². The van der Waals surface area contributed by atoms with E-state index in [1.807, 2.05) is 0 Å². The molecule has 0 saturated carbocycles. The maximum absolute atomic E-state index is 4.39. The Labute approximate surface area is 63.6 Å². The molecular weight excluding hydrogens is 148 g/mol. The molecule has 1 heterocycles. The van der Waals surface area contributed by atoms with Gasteiger partial charge in [-0.3, -0.25) is 4.68 Å². The van der Waals surface area contributed by atoms with Gasteiger partial charge in [0.15, 0.2) is 0 Å². The van der Waals surface area contributed by atoms with E-state index in [0.717, 1.165) is 5.82 Å². The van der Waals surface area contributed by atoms with E-state index in [9.17, 15) is 0 Å². The lowest BCUT2D eigenvalue weighted by Gasteiger charge is -1.90. The van der Waals surface area contributed by atoms with Crippen LogP contribution >= 0.6 is 12.2 Å². The Morgan fingerprint density at radius 2 is 2.70 bits per heavy atom. The number of hydrogen-bond acceptors (Lipinski definition) is 4. The monoisotopic (exact) mass is 154 g/mol. The summed E-state index contributed by atoms with van der Waals surface area (Å²) in [4.78, 5) is 7.64. The number of aromatic nitrogens is 3. The minimum absolute atomic E-state index is 0.458. The molecule has 0 aliphatic heterocycles. The molecule has 52 valence electrons. The second kappa shape index (κ2) is 3.20. The predicted molar refractivity (Wildman–Crippen MR) is 39.7 cm³/mol. The second-order valence-electron chi connectivity index (χ2n) is 1.71. The first-order chi connectivity index (χ1) is 4.84. The zero-order valence-corrected chi connectivity index (χ0v) is 6.30. The number of thiocarbonyl (C=S) groups is 1. The molecule has 0 unspecified atom stereocenters.